The molecule has 1 aliphatic rings. The topological polar surface area (TPSA) is 17.1 Å². The van der Waals surface area contributed by atoms with Gasteiger partial charge in [0.2, 0.25) is 0 Å². The van der Waals surface area contributed by atoms with Crippen molar-refractivity contribution in [2.45, 2.75) is 32.6 Å². The number of halogens is 1. The Balaban J connectivity index is 2.10. The fourth-order valence-corrected chi connectivity index (χ4v) is 2.24. The third-order valence-corrected chi connectivity index (χ3v) is 3.17. The summed E-state index contributed by atoms with van der Waals surface area (Å²) in [5.41, 5.74) is 2.17. The molecule has 1 atom stereocenters. The van der Waals surface area contributed by atoms with E-state index in [4.69, 9.17) is 0 Å². The molecule has 1 saturated carbocycles. The molecule has 1 aromatic rings. The van der Waals surface area contributed by atoms with Crippen molar-refractivity contribution in [3.63, 3.8) is 0 Å². The quantitative estimate of drug-likeness (QED) is 0.726. The van der Waals surface area contributed by atoms with Gasteiger partial charge in [-0.2, -0.15) is 0 Å². The van der Waals surface area contributed by atoms with Crippen LogP contribution in [0.25, 0.3) is 0 Å². The molecule has 2 rings (SSSR count). The lowest BCUT2D eigenvalue weighted by molar-refractivity contribution is -0.117. The molecule has 2 heteroatoms. The number of rotatable bonds is 2. The molecule has 1 fully saturated rings. The van der Waals surface area contributed by atoms with Gasteiger partial charge in [0.05, 0.1) is 0 Å². The van der Waals surface area contributed by atoms with Crippen molar-refractivity contribution in [3.05, 3.63) is 35.1 Å². The SMILES string of the molecule is Cc1ccc(F)cc1CC1CCC(=O)C1. The van der Waals surface area contributed by atoms with Gasteiger partial charge < -0.3 is 0 Å². The number of hydrogen-bond donors (Lipinski definition) is 0. The summed E-state index contributed by atoms with van der Waals surface area (Å²) < 4.78 is 13.0. The summed E-state index contributed by atoms with van der Waals surface area (Å²) in [5, 5.41) is 0. The van der Waals surface area contributed by atoms with Crippen molar-refractivity contribution in [2.75, 3.05) is 0 Å². The highest BCUT2D eigenvalue weighted by atomic mass is 19.1. The molecular weight excluding hydrogens is 191 g/mol. The van der Waals surface area contributed by atoms with E-state index in [9.17, 15) is 9.18 Å². The van der Waals surface area contributed by atoms with Crippen LogP contribution in [0.2, 0.25) is 0 Å². The maximum atomic E-state index is 13.0. The molecule has 1 nitrogen and oxygen atoms in total. The molecule has 0 aliphatic heterocycles. The molecule has 0 amide bonds. The molecule has 0 radical (unpaired) electrons. The Morgan fingerprint density at radius 2 is 2.27 bits per heavy atom. The first-order valence-electron chi connectivity index (χ1n) is 5.42. The van der Waals surface area contributed by atoms with E-state index in [1.807, 2.05) is 6.92 Å². The average Bonchev–Trinajstić information content (AvgIpc) is 2.58. The van der Waals surface area contributed by atoms with Crippen LogP contribution in [0.3, 0.4) is 0 Å². The van der Waals surface area contributed by atoms with E-state index in [0.717, 1.165) is 24.0 Å². The van der Waals surface area contributed by atoms with Gasteiger partial charge in [-0.25, -0.2) is 4.39 Å². The fraction of sp³-hybridized carbons (Fsp3) is 0.462. The summed E-state index contributed by atoms with van der Waals surface area (Å²) in [6.07, 6.45) is 3.19. The predicted molar refractivity (Wildman–Crippen MR) is 57.2 cm³/mol. The monoisotopic (exact) mass is 206 g/mol. The zero-order chi connectivity index (χ0) is 10.8. The standard InChI is InChI=1S/C13H15FO/c1-9-2-4-12(14)8-11(9)6-10-3-5-13(15)7-10/h2,4,8,10H,3,5-7H2,1H3. The minimum atomic E-state index is -0.181. The maximum absolute atomic E-state index is 13.0. The van der Waals surface area contributed by atoms with Gasteiger partial charge in [-0.15, -0.1) is 0 Å². The number of carbonyl (C=O) groups excluding carboxylic acids is 1. The lowest BCUT2D eigenvalue weighted by Crippen LogP contribution is -2.02. The van der Waals surface area contributed by atoms with Gasteiger partial charge in [0.25, 0.3) is 0 Å². The van der Waals surface area contributed by atoms with Crippen LogP contribution in [0.5, 0.6) is 0 Å². The van der Waals surface area contributed by atoms with E-state index in [2.05, 4.69) is 0 Å². The summed E-state index contributed by atoms with van der Waals surface area (Å²) in [6.45, 7) is 1.99. The number of aryl methyl sites for hydroxylation is 1. The molecule has 1 unspecified atom stereocenters. The molecule has 0 N–H and O–H groups in total. The van der Waals surface area contributed by atoms with Crippen LogP contribution in [0.4, 0.5) is 4.39 Å². The first kappa shape index (κ1) is 10.3. The van der Waals surface area contributed by atoms with Gasteiger partial charge in [-0.3, -0.25) is 4.79 Å². The largest absolute Gasteiger partial charge is 0.300 e. The van der Waals surface area contributed by atoms with Crippen molar-refractivity contribution in [3.8, 4) is 0 Å². The van der Waals surface area contributed by atoms with Gasteiger partial charge >= 0.3 is 0 Å². The normalized spacial score (nSPS) is 20.9. The summed E-state index contributed by atoms with van der Waals surface area (Å²) in [5.74, 6) is 0.604. The highest BCUT2D eigenvalue weighted by Gasteiger charge is 2.22. The second-order valence-corrected chi connectivity index (χ2v) is 4.42. The van der Waals surface area contributed by atoms with Crippen LogP contribution < -0.4 is 0 Å². The average molecular weight is 206 g/mol. The van der Waals surface area contributed by atoms with Crippen LogP contribution in [0.1, 0.15) is 30.4 Å². The van der Waals surface area contributed by atoms with Gasteiger partial charge in [0, 0.05) is 12.8 Å². The van der Waals surface area contributed by atoms with Gasteiger partial charge in [0.15, 0.2) is 0 Å². The molecule has 80 valence electrons. The number of hydrogen-bond acceptors (Lipinski definition) is 1. The molecule has 1 aliphatic carbocycles. The van der Waals surface area contributed by atoms with Crippen molar-refractivity contribution < 1.29 is 9.18 Å². The third kappa shape index (κ3) is 2.44. The lowest BCUT2D eigenvalue weighted by atomic mass is 9.95. The summed E-state index contributed by atoms with van der Waals surface area (Å²) in [6, 6.07) is 4.89. The fourth-order valence-electron chi connectivity index (χ4n) is 2.24. The Morgan fingerprint density at radius 1 is 1.47 bits per heavy atom. The van der Waals surface area contributed by atoms with Crippen LogP contribution in [-0.4, -0.2) is 5.78 Å². The molecule has 0 saturated heterocycles. The smallest absolute Gasteiger partial charge is 0.133 e. The Labute approximate surface area is 89.3 Å². The van der Waals surface area contributed by atoms with E-state index < -0.39 is 0 Å². The van der Waals surface area contributed by atoms with Gasteiger partial charge in [-0.1, -0.05) is 6.07 Å². The lowest BCUT2D eigenvalue weighted by Gasteiger charge is -2.10. The van der Waals surface area contributed by atoms with Crippen LogP contribution in [-0.2, 0) is 11.2 Å². The first-order chi connectivity index (χ1) is 7.15. The van der Waals surface area contributed by atoms with Crippen molar-refractivity contribution >= 4 is 5.78 Å². The number of benzene rings is 1. The summed E-state index contributed by atoms with van der Waals surface area (Å²) in [4.78, 5) is 11.1. The van der Waals surface area contributed by atoms with Crippen LogP contribution >= 0.6 is 0 Å². The summed E-state index contributed by atoms with van der Waals surface area (Å²) in [7, 11) is 0. The van der Waals surface area contributed by atoms with Crippen molar-refractivity contribution in [1.82, 2.24) is 0 Å². The molecule has 0 aromatic heterocycles. The van der Waals surface area contributed by atoms with E-state index in [-0.39, 0.29) is 5.82 Å². The molecule has 0 heterocycles. The van der Waals surface area contributed by atoms with Crippen molar-refractivity contribution in [2.24, 2.45) is 5.92 Å². The number of ketones is 1. The van der Waals surface area contributed by atoms with Crippen LogP contribution in [0, 0.1) is 18.7 Å². The second-order valence-electron chi connectivity index (χ2n) is 4.42. The number of Topliss-reactive ketones (excluding diaryl/α,β-unsaturated/α-hetero) is 1. The maximum Gasteiger partial charge on any atom is 0.133 e. The Kier molecular flexibility index (Phi) is 2.85. The molecule has 1 aromatic carbocycles. The Hall–Kier alpha value is -1.18. The highest BCUT2D eigenvalue weighted by molar-refractivity contribution is 5.80. The van der Waals surface area contributed by atoms with E-state index >= 15 is 0 Å². The zero-order valence-electron chi connectivity index (χ0n) is 8.92. The molecular formula is C13H15FO. The Bertz CT molecular complexity index is 384. The van der Waals surface area contributed by atoms with E-state index in [1.54, 1.807) is 12.1 Å². The predicted octanol–water partition coefficient (Wildman–Crippen LogP) is 3.05. The zero-order valence-corrected chi connectivity index (χ0v) is 8.92. The minimum absolute atomic E-state index is 0.181. The highest BCUT2D eigenvalue weighted by Crippen LogP contribution is 2.27. The van der Waals surface area contributed by atoms with Crippen molar-refractivity contribution in [1.29, 1.82) is 0 Å². The number of carbonyl (C=O) groups is 1. The first-order valence-corrected chi connectivity index (χ1v) is 5.42. The van der Waals surface area contributed by atoms with Gasteiger partial charge in [-0.05, 0) is 48.9 Å². The molecule has 0 bridgehead atoms. The third-order valence-electron chi connectivity index (χ3n) is 3.17. The minimum Gasteiger partial charge on any atom is -0.300 e. The summed E-state index contributed by atoms with van der Waals surface area (Å²) >= 11 is 0. The van der Waals surface area contributed by atoms with E-state index in [0.29, 0.717) is 24.5 Å². The molecule has 0 spiro atoms. The second kappa shape index (κ2) is 4.13. The molecule has 15 heavy (non-hydrogen) atoms. The van der Waals surface area contributed by atoms with Crippen LogP contribution in [0.15, 0.2) is 18.2 Å². The Morgan fingerprint density at radius 3 is 2.93 bits per heavy atom. The van der Waals surface area contributed by atoms with E-state index in [1.165, 1.54) is 6.07 Å². The van der Waals surface area contributed by atoms with Gasteiger partial charge in [0.1, 0.15) is 11.6 Å².